The molecule has 4 nitrogen and oxygen atoms in total. The number of ether oxygens (including phenoxy) is 3. The molecule has 0 radical (unpaired) electrons. The van der Waals surface area contributed by atoms with E-state index in [0.29, 0.717) is 17.6 Å². The van der Waals surface area contributed by atoms with Crippen LogP contribution in [0.4, 0.5) is 0 Å². The number of benzene rings is 1. The van der Waals surface area contributed by atoms with E-state index in [9.17, 15) is 0 Å². The Hall–Kier alpha value is -1.42. The predicted molar refractivity (Wildman–Crippen MR) is 74.8 cm³/mol. The number of hydrogen-bond donors (Lipinski definition) is 1. The molecule has 0 fully saturated rings. The van der Waals surface area contributed by atoms with Gasteiger partial charge in [-0.15, -0.1) is 0 Å². The average molecular weight is 265 g/mol. The summed E-state index contributed by atoms with van der Waals surface area (Å²) in [6, 6.07) is 4.01. The maximum atomic E-state index is 5.42. The van der Waals surface area contributed by atoms with Crippen LogP contribution in [0, 0.1) is 11.8 Å². The Morgan fingerprint density at radius 3 is 2.74 bits per heavy atom. The van der Waals surface area contributed by atoms with Crippen LogP contribution in [-0.2, 0) is 6.54 Å². The lowest BCUT2D eigenvalue weighted by Crippen LogP contribution is -2.23. The monoisotopic (exact) mass is 265 g/mol. The second-order valence-electron chi connectivity index (χ2n) is 5.38. The van der Waals surface area contributed by atoms with E-state index in [4.69, 9.17) is 14.2 Å². The van der Waals surface area contributed by atoms with E-state index in [1.165, 1.54) is 0 Å². The highest BCUT2D eigenvalue weighted by Crippen LogP contribution is 2.41. The van der Waals surface area contributed by atoms with Crippen molar-refractivity contribution < 1.29 is 14.2 Å². The summed E-state index contributed by atoms with van der Waals surface area (Å²) in [6.45, 7) is 8.84. The van der Waals surface area contributed by atoms with Crippen molar-refractivity contribution in [3.8, 4) is 17.2 Å². The lowest BCUT2D eigenvalue weighted by atomic mass is 9.98. The van der Waals surface area contributed by atoms with E-state index in [1.807, 2.05) is 12.1 Å². The zero-order chi connectivity index (χ0) is 13.8. The van der Waals surface area contributed by atoms with Gasteiger partial charge in [0.2, 0.25) is 12.5 Å². The minimum absolute atomic E-state index is 0.271. The lowest BCUT2D eigenvalue weighted by molar-refractivity contribution is 0.171. The summed E-state index contributed by atoms with van der Waals surface area (Å²) in [5.74, 6) is 3.58. The van der Waals surface area contributed by atoms with Gasteiger partial charge in [-0.3, -0.25) is 0 Å². The second kappa shape index (κ2) is 6.15. The summed E-state index contributed by atoms with van der Waals surface area (Å²) in [5.41, 5.74) is 1.15. The largest absolute Gasteiger partial charge is 0.493 e. The van der Waals surface area contributed by atoms with Crippen molar-refractivity contribution in [2.45, 2.75) is 27.3 Å². The topological polar surface area (TPSA) is 39.7 Å². The summed E-state index contributed by atoms with van der Waals surface area (Å²) in [7, 11) is 1.65. The summed E-state index contributed by atoms with van der Waals surface area (Å²) in [6.07, 6.45) is 0. The van der Waals surface area contributed by atoms with Crippen LogP contribution in [0.2, 0.25) is 0 Å². The Bertz CT molecular complexity index is 432. The van der Waals surface area contributed by atoms with Gasteiger partial charge >= 0.3 is 0 Å². The summed E-state index contributed by atoms with van der Waals surface area (Å²) >= 11 is 0. The first kappa shape index (κ1) is 14.0. The molecule has 1 aliphatic rings. The molecule has 0 spiro atoms. The van der Waals surface area contributed by atoms with Crippen LogP contribution in [0.3, 0.4) is 0 Å². The Kier molecular flexibility index (Phi) is 4.53. The fourth-order valence-electron chi connectivity index (χ4n) is 1.97. The minimum atomic E-state index is 0.271. The Labute approximate surface area is 115 Å². The van der Waals surface area contributed by atoms with Crippen molar-refractivity contribution in [2.24, 2.45) is 11.8 Å². The Balaban J connectivity index is 1.98. The van der Waals surface area contributed by atoms with E-state index in [2.05, 4.69) is 26.1 Å². The second-order valence-corrected chi connectivity index (χ2v) is 5.38. The number of nitrogens with one attached hydrogen (secondary N) is 1. The molecule has 0 aliphatic carbocycles. The average Bonchev–Trinajstić information content (AvgIpc) is 2.85. The van der Waals surface area contributed by atoms with Crippen molar-refractivity contribution in [1.29, 1.82) is 0 Å². The highest BCUT2D eigenvalue weighted by molar-refractivity contribution is 5.55. The van der Waals surface area contributed by atoms with Crippen molar-refractivity contribution in [3.05, 3.63) is 17.7 Å². The van der Waals surface area contributed by atoms with Crippen LogP contribution in [0.5, 0.6) is 17.2 Å². The fourth-order valence-corrected chi connectivity index (χ4v) is 1.97. The molecule has 0 aromatic heterocycles. The van der Waals surface area contributed by atoms with Crippen LogP contribution < -0.4 is 19.5 Å². The van der Waals surface area contributed by atoms with Crippen molar-refractivity contribution >= 4 is 0 Å². The van der Waals surface area contributed by atoms with Gasteiger partial charge in [-0.2, -0.15) is 0 Å². The van der Waals surface area contributed by atoms with Crippen LogP contribution in [-0.4, -0.2) is 20.4 Å². The van der Waals surface area contributed by atoms with E-state index in [1.54, 1.807) is 7.11 Å². The first-order valence-corrected chi connectivity index (χ1v) is 6.79. The van der Waals surface area contributed by atoms with Crippen molar-refractivity contribution in [3.63, 3.8) is 0 Å². The molecule has 1 heterocycles. The molecule has 1 aliphatic heterocycles. The molecule has 4 heteroatoms. The molecule has 0 amide bonds. The van der Waals surface area contributed by atoms with E-state index in [-0.39, 0.29) is 6.79 Å². The van der Waals surface area contributed by atoms with Gasteiger partial charge in [0.15, 0.2) is 11.5 Å². The number of rotatable bonds is 6. The van der Waals surface area contributed by atoms with Gasteiger partial charge in [-0.05, 0) is 36.1 Å². The normalized spacial score (nSPS) is 14.8. The molecule has 1 aromatic carbocycles. The summed E-state index contributed by atoms with van der Waals surface area (Å²) in [4.78, 5) is 0. The smallest absolute Gasteiger partial charge is 0.231 e. The number of hydrogen-bond acceptors (Lipinski definition) is 4. The molecule has 2 rings (SSSR count). The standard InChI is InChI=1S/C15H23NO3/c1-10(2)11(3)7-16-8-12-5-13(17-4)15-14(6-12)18-9-19-15/h5-6,10-11,16H,7-9H2,1-4H3. The third kappa shape index (κ3) is 3.32. The van der Waals surface area contributed by atoms with Gasteiger partial charge in [0.1, 0.15) is 0 Å². The molecule has 19 heavy (non-hydrogen) atoms. The van der Waals surface area contributed by atoms with Gasteiger partial charge in [-0.25, -0.2) is 0 Å². The molecular formula is C15H23NO3. The molecule has 1 atom stereocenters. The predicted octanol–water partition coefficient (Wildman–Crippen LogP) is 2.81. The molecular weight excluding hydrogens is 242 g/mol. The molecule has 0 bridgehead atoms. The minimum Gasteiger partial charge on any atom is -0.493 e. The maximum absolute atomic E-state index is 5.42. The van der Waals surface area contributed by atoms with E-state index in [0.717, 1.165) is 30.2 Å². The van der Waals surface area contributed by atoms with Gasteiger partial charge in [-0.1, -0.05) is 20.8 Å². The Morgan fingerprint density at radius 1 is 1.26 bits per heavy atom. The summed E-state index contributed by atoms with van der Waals surface area (Å²) < 4.78 is 16.1. The third-order valence-electron chi connectivity index (χ3n) is 3.65. The van der Waals surface area contributed by atoms with Crippen LogP contribution in [0.1, 0.15) is 26.3 Å². The zero-order valence-corrected chi connectivity index (χ0v) is 12.2. The Morgan fingerprint density at radius 2 is 2.05 bits per heavy atom. The van der Waals surface area contributed by atoms with Crippen molar-refractivity contribution in [1.82, 2.24) is 5.32 Å². The van der Waals surface area contributed by atoms with E-state index >= 15 is 0 Å². The first-order chi connectivity index (χ1) is 9.11. The van der Waals surface area contributed by atoms with Crippen LogP contribution in [0.25, 0.3) is 0 Å². The van der Waals surface area contributed by atoms with Gasteiger partial charge < -0.3 is 19.5 Å². The van der Waals surface area contributed by atoms with Gasteiger partial charge in [0, 0.05) is 6.54 Å². The fraction of sp³-hybridized carbons (Fsp3) is 0.600. The molecule has 0 saturated carbocycles. The molecule has 1 N–H and O–H groups in total. The molecule has 1 unspecified atom stereocenters. The van der Waals surface area contributed by atoms with Crippen LogP contribution >= 0.6 is 0 Å². The SMILES string of the molecule is COc1cc(CNCC(C)C(C)C)cc2c1OCO2. The van der Waals surface area contributed by atoms with Crippen molar-refractivity contribution in [2.75, 3.05) is 20.4 Å². The van der Waals surface area contributed by atoms with Gasteiger partial charge in [0.05, 0.1) is 7.11 Å². The van der Waals surface area contributed by atoms with E-state index < -0.39 is 0 Å². The lowest BCUT2D eigenvalue weighted by Gasteiger charge is -2.16. The molecule has 106 valence electrons. The highest BCUT2D eigenvalue weighted by Gasteiger charge is 2.19. The molecule has 0 saturated heterocycles. The quantitative estimate of drug-likeness (QED) is 0.858. The number of methoxy groups -OCH3 is 1. The maximum Gasteiger partial charge on any atom is 0.231 e. The molecule has 1 aromatic rings. The first-order valence-electron chi connectivity index (χ1n) is 6.79. The highest BCUT2D eigenvalue weighted by atomic mass is 16.7. The van der Waals surface area contributed by atoms with Gasteiger partial charge in [0.25, 0.3) is 0 Å². The zero-order valence-electron chi connectivity index (χ0n) is 12.2. The van der Waals surface area contributed by atoms with Crippen LogP contribution in [0.15, 0.2) is 12.1 Å². The summed E-state index contributed by atoms with van der Waals surface area (Å²) in [5, 5.41) is 3.47. The third-order valence-corrected chi connectivity index (χ3v) is 3.65. The number of fused-ring (bicyclic) bond motifs is 1.